The minimum Gasteiger partial charge on any atom is -0.393 e. The Hall–Kier alpha value is -0.550. The first kappa shape index (κ1) is 11.0. The second-order valence-corrected chi connectivity index (χ2v) is 5.76. The Balaban J connectivity index is 2.02. The lowest BCUT2D eigenvalue weighted by atomic mass is 10.1. The van der Waals surface area contributed by atoms with Gasteiger partial charge in [-0.3, -0.25) is 0 Å². The van der Waals surface area contributed by atoms with Crippen molar-refractivity contribution in [2.24, 2.45) is 4.99 Å². The van der Waals surface area contributed by atoms with Gasteiger partial charge in [0.15, 0.2) is 5.96 Å². The predicted octanol–water partition coefficient (Wildman–Crippen LogP) is 1.03. The van der Waals surface area contributed by atoms with E-state index in [0.717, 1.165) is 31.9 Å². The van der Waals surface area contributed by atoms with E-state index in [9.17, 15) is 5.11 Å². The molecule has 2 aliphatic rings. The highest BCUT2D eigenvalue weighted by Gasteiger charge is 2.25. The van der Waals surface area contributed by atoms with Gasteiger partial charge in [-0.15, -0.1) is 0 Å². The van der Waals surface area contributed by atoms with E-state index in [1.807, 2.05) is 19.2 Å². The Morgan fingerprint density at radius 3 is 2.87 bits per heavy atom. The fourth-order valence-corrected chi connectivity index (χ4v) is 2.08. The molecule has 2 aliphatic heterocycles. The first-order valence-corrected chi connectivity index (χ1v) is 6.02. The fourth-order valence-electron chi connectivity index (χ4n) is 1.78. The summed E-state index contributed by atoms with van der Waals surface area (Å²) < 4.78 is -0.302. The first-order chi connectivity index (χ1) is 7.07. The lowest BCUT2D eigenvalue weighted by Gasteiger charge is -2.34. The lowest BCUT2D eigenvalue weighted by Crippen LogP contribution is -2.47. The number of alkyl halides is 1. The predicted molar refractivity (Wildman–Crippen MR) is 63.9 cm³/mol. The Labute approximate surface area is 98.2 Å². The fraction of sp³-hybridized carbons (Fsp3) is 0.700. The standard InChI is InChI=1S/C10H16BrN3O/c1-10(11)4-5-12-9(13-10)14-6-2-8(15)3-7-14/h4-5,8,15H,2-3,6-7H2,1H3,(H,12,13). The number of aliphatic hydroxyl groups is 1. The molecule has 0 saturated carbocycles. The minimum absolute atomic E-state index is 0.142. The molecule has 0 radical (unpaired) electrons. The molecule has 1 atom stereocenters. The van der Waals surface area contributed by atoms with Crippen molar-refractivity contribution in [1.82, 2.24) is 10.2 Å². The summed E-state index contributed by atoms with van der Waals surface area (Å²) in [7, 11) is 0. The molecule has 1 unspecified atom stereocenters. The summed E-state index contributed by atoms with van der Waals surface area (Å²) in [5.41, 5.74) is 0. The zero-order chi connectivity index (χ0) is 10.9. The van der Waals surface area contributed by atoms with Gasteiger partial charge in [-0.05, 0) is 25.8 Å². The Morgan fingerprint density at radius 1 is 1.60 bits per heavy atom. The van der Waals surface area contributed by atoms with E-state index in [0.29, 0.717) is 0 Å². The molecule has 2 heterocycles. The molecule has 84 valence electrons. The van der Waals surface area contributed by atoms with Crippen molar-refractivity contribution < 1.29 is 5.11 Å². The van der Waals surface area contributed by atoms with Crippen LogP contribution in [0.15, 0.2) is 17.3 Å². The van der Waals surface area contributed by atoms with E-state index in [2.05, 4.69) is 31.1 Å². The van der Waals surface area contributed by atoms with Crippen LogP contribution >= 0.6 is 15.9 Å². The van der Waals surface area contributed by atoms with Crippen LogP contribution in [0.4, 0.5) is 0 Å². The van der Waals surface area contributed by atoms with E-state index in [-0.39, 0.29) is 10.6 Å². The van der Waals surface area contributed by atoms with Crippen LogP contribution in [-0.2, 0) is 0 Å². The van der Waals surface area contributed by atoms with E-state index in [1.54, 1.807) is 0 Å². The maximum absolute atomic E-state index is 9.42. The summed E-state index contributed by atoms with van der Waals surface area (Å²) in [5.74, 6) is 0.892. The summed E-state index contributed by atoms with van der Waals surface area (Å²) in [6, 6.07) is 0. The summed E-state index contributed by atoms with van der Waals surface area (Å²) in [5, 5.41) is 12.6. The van der Waals surface area contributed by atoms with Gasteiger partial charge in [-0.25, -0.2) is 4.99 Å². The normalized spacial score (nSPS) is 32.5. The number of nitrogens with zero attached hydrogens (tertiary/aromatic N) is 2. The maximum atomic E-state index is 9.42. The summed E-state index contributed by atoms with van der Waals surface area (Å²) in [6.45, 7) is 3.73. The van der Waals surface area contributed by atoms with Gasteiger partial charge in [-0.1, -0.05) is 15.9 Å². The van der Waals surface area contributed by atoms with Gasteiger partial charge in [0.25, 0.3) is 0 Å². The van der Waals surface area contributed by atoms with Gasteiger partial charge in [0.05, 0.1) is 6.10 Å². The van der Waals surface area contributed by atoms with Crippen LogP contribution in [0, 0.1) is 0 Å². The van der Waals surface area contributed by atoms with Crippen molar-refractivity contribution in [2.75, 3.05) is 13.1 Å². The second kappa shape index (κ2) is 4.14. The smallest absolute Gasteiger partial charge is 0.199 e. The number of piperidine rings is 1. The van der Waals surface area contributed by atoms with E-state index < -0.39 is 0 Å². The molecule has 1 saturated heterocycles. The summed E-state index contributed by atoms with van der Waals surface area (Å²) in [6.07, 6.45) is 5.38. The molecule has 2 N–H and O–H groups in total. The quantitative estimate of drug-likeness (QED) is 0.512. The number of likely N-dealkylation sites (tertiary alicyclic amines) is 1. The van der Waals surface area contributed by atoms with Crippen molar-refractivity contribution in [3.8, 4) is 0 Å². The highest BCUT2D eigenvalue weighted by molar-refractivity contribution is 9.10. The van der Waals surface area contributed by atoms with Crippen molar-refractivity contribution in [3.05, 3.63) is 12.3 Å². The molecule has 15 heavy (non-hydrogen) atoms. The van der Waals surface area contributed by atoms with Crippen LogP contribution in [0.2, 0.25) is 0 Å². The molecule has 0 bridgehead atoms. The Bertz CT molecular complexity index is 293. The summed E-state index contributed by atoms with van der Waals surface area (Å²) >= 11 is 3.52. The third-order valence-corrected chi connectivity index (χ3v) is 3.13. The number of halogens is 1. The second-order valence-electron chi connectivity index (χ2n) is 4.16. The van der Waals surface area contributed by atoms with Crippen LogP contribution in [-0.4, -0.2) is 39.6 Å². The van der Waals surface area contributed by atoms with Crippen LogP contribution in [0.5, 0.6) is 0 Å². The molecular weight excluding hydrogens is 258 g/mol. The van der Waals surface area contributed by atoms with Gasteiger partial charge in [-0.2, -0.15) is 0 Å². The SMILES string of the molecule is CC1(Br)C=CNC(N2CCC(O)CC2)=N1. The third-order valence-electron chi connectivity index (χ3n) is 2.69. The zero-order valence-electron chi connectivity index (χ0n) is 8.78. The van der Waals surface area contributed by atoms with Gasteiger partial charge < -0.3 is 15.3 Å². The van der Waals surface area contributed by atoms with Crippen LogP contribution in [0.3, 0.4) is 0 Å². The van der Waals surface area contributed by atoms with Crippen LogP contribution in [0.25, 0.3) is 0 Å². The molecule has 1 fully saturated rings. The van der Waals surface area contributed by atoms with Gasteiger partial charge in [0, 0.05) is 19.3 Å². The molecule has 0 aromatic rings. The minimum atomic E-state index is -0.302. The zero-order valence-corrected chi connectivity index (χ0v) is 10.4. The number of guanidine groups is 1. The molecule has 0 amide bonds. The topological polar surface area (TPSA) is 47.9 Å². The van der Waals surface area contributed by atoms with Crippen molar-refractivity contribution in [2.45, 2.75) is 30.3 Å². The number of hydrogen-bond donors (Lipinski definition) is 2. The van der Waals surface area contributed by atoms with Gasteiger partial charge >= 0.3 is 0 Å². The highest BCUT2D eigenvalue weighted by Crippen LogP contribution is 2.23. The van der Waals surface area contributed by atoms with Gasteiger partial charge in [0.1, 0.15) is 4.45 Å². The van der Waals surface area contributed by atoms with Crippen molar-refractivity contribution >= 4 is 21.9 Å². The van der Waals surface area contributed by atoms with Crippen molar-refractivity contribution in [3.63, 3.8) is 0 Å². The van der Waals surface area contributed by atoms with Gasteiger partial charge in [0.2, 0.25) is 0 Å². The number of aliphatic imine (C=N–C) groups is 1. The third kappa shape index (κ3) is 2.72. The molecule has 0 spiro atoms. The van der Waals surface area contributed by atoms with E-state index >= 15 is 0 Å². The Morgan fingerprint density at radius 2 is 2.27 bits per heavy atom. The number of nitrogens with one attached hydrogen (secondary N) is 1. The largest absolute Gasteiger partial charge is 0.393 e. The molecule has 0 aliphatic carbocycles. The average Bonchev–Trinajstić information content (AvgIpc) is 2.17. The lowest BCUT2D eigenvalue weighted by molar-refractivity contribution is 0.108. The average molecular weight is 274 g/mol. The molecule has 5 heteroatoms. The first-order valence-electron chi connectivity index (χ1n) is 5.23. The summed E-state index contributed by atoms with van der Waals surface area (Å²) in [4.78, 5) is 6.72. The molecular formula is C10H16BrN3O. The van der Waals surface area contributed by atoms with E-state index in [1.165, 1.54) is 0 Å². The number of rotatable bonds is 0. The number of hydrogen-bond acceptors (Lipinski definition) is 4. The highest BCUT2D eigenvalue weighted by atomic mass is 79.9. The van der Waals surface area contributed by atoms with Crippen molar-refractivity contribution in [1.29, 1.82) is 0 Å². The van der Waals surface area contributed by atoms with Crippen LogP contribution in [0.1, 0.15) is 19.8 Å². The molecule has 4 nitrogen and oxygen atoms in total. The van der Waals surface area contributed by atoms with Crippen LogP contribution < -0.4 is 5.32 Å². The molecule has 2 rings (SSSR count). The Kier molecular flexibility index (Phi) is 3.02. The maximum Gasteiger partial charge on any atom is 0.199 e. The van der Waals surface area contributed by atoms with E-state index in [4.69, 9.17) is 0 Å². The number of aliphatic hydroxyl groups excluding tert-OH is 1. The monoisotopic (exact) mass is 273 g/mol. The molecule has 0 aromatic heterocycles. The molecule has 0 aromatic carbocycles.